The molecule has 20 heavy (non-hydrogen) atoms. The van der Waals surface area contributed by atoms with Crippen molar-refractivity contribution in [3.63, 3.8) is 0 Å². The van der Waals surface area contributed by atoms with Gasteiger partial charge in [0.1, 0.15) is 0 Å². The summed E-state index contributed by atoms with van der Waals surface area (Å²) in [5, 5.41) is 0. The third-order valence-corrected chi connectivity index (χ3v) is 5.78. The van der Waals surface area contributed by atoms with Gasteiger partial charge in [-0.05, 0) is 63.6 Å². The third-order valence-electron chi connectivity index (χ3n) is 5.78. The molecule has 0 spiro atoms. The van der Waals surface area contributed by atoms with Gasteiger partial charge in [0, 0.05) is 25.6 Å². The van der Waals surface area contributed by atoms with Crippen LogP contribution in [0.4, 0.5) is 0 Å². The van der Waals surface area contributed by atoms with Gasteiger partial charge in [0.25, 0.3) is 0 Å². The lowest BCUT2D eigenvalue weighted by atomic mass is 9.66. The molecule has 1 saturated carbocycles. The van der Waals surface area contributed by atoms with E-state index in [0.717, 1.165) is 25.9 Å². The van der Waals surface area contributed by atoms with Crippen LogP contribution in [0.25, 0.3) is 0 Å². The Kier molecular flexibility index (Phi) is 4.32. The first-order valence-corrected chi connectivity index (χ1v) is 8.44. The van der Waals surface area contributed by atoms with Gasteiger partial charge in [-0.25, -0.2) is 0 Å². The number of hydrogen-bond acceptors (Lipinski definition) is 3. The third kappa shape index (κ3) is 2.86. The Bertz CT molecular complexity index is 342. The van der Waals surface area contributed by atoms with E-state index in [0.29, 0.717) is 24.9 Å². The van der Waals surface area contributed by atoms with E-state index in [1.807, 2.05) is 0 Å². The van der Waals surface area contributed by atoms with Crippen molar-refractivity contribution in [3.05, 3.63) is 0 Å². The number of carbonyl (C=O) groups is 1. The summed E-state index contributed by atoms with van der Waals surface area (Å²) >= 11 is 0. The van der Waals surface area contributed by atoms with Crippen LogP contribution in [-0.2, 0) is 4.79 Å². The predicted octanol–water partition coefficient (Wildman–Crippen LogP) is 1.59. The maximum Gasteiger partial charge on any atom is 0.223 e. The van der Waals surface area contributed by atoms with Gasteiger partial charge in [-0.1, -0.05) is 6.42 Å². The van der Waals surface area contributed by atoms with Crippen molar-refractivity contribution >= 4 is 5.91 Å². The maximum absolute atomic E-state index is 12.6. The van der Waals surface area contributed by atoms with Crippen molar-refractivity contribution < 1.29 is 4.79 Å². The Morgan fingerprint density at radius 1 is 1.10 bits per heavy atom. The summed E-state index contributed by atoms with van der Waals surface area (Å²) in [6, 6.07) is 0.616. The molecule has 1 amide bonds. The Hall–Kier alpha value is -0.610. The summed E-state index contributed by atoms with van der Waals surface area (Å²) in [6.07, 6.45) is 9.35. The van der Waals surface area contributed by atoms with Crippen LogP contribution in [0, 0.1) is 5.41 Å². The number of nitrogens with two attached hydrogens (primary N) is 1. The molecule has 3 fully saturated rings. The van der Waals surface area contributed by atoms with Gasteiger partial charge >= 0.3 is 0 Å². The van der Waals surface area contributed by atoms with E-state index in [2.05, 4.69) is 9.80 Å². The van der Waals surface area contributed by atoms with Gasteiger partial charge in [0.15, 0.2) is 0 Å². The van der Waals surface area contributed by atoms with Crippen LogP contribution in [0.15, 0.2) is 0 Å². The lowest BCUT2D eigenvalue weighted by Gasteiger charge is -2.43. The van der Waals surface area contributed by atoms with Gasteiger partial charge in [0.05, 0.1) is 0 Å². The van der Waals surface area contributed by atoms with Gasteiger partial charge in [-0.15, -0.1) is 0 Å². The SMILES string of the molecule is NCC1(CC(=O)N2CCCC(N3CCCC3)C2)CCC1. The van der Waals surface area contributed by atoms with Crippen LogP contribution in [0.2, 0.25) is 0 Å². The second-order valence-corrected chi connectivity index (χ2v) is 7.11. The van der Waals surface area contributed by atoms with E-state index in [9.17, 15) is 4.79 Å². The fourth-order valence-corrected chi connectivity index (χ4v) is 4.15. The summed E-state index contributed by atoms with van der Waals surface area (Å²) in [5.74, 6) is 0.360. The summed E-state index contributed by atoms with van der Waals surface area (Å²) in [6.45, 7) is 5.07. The summed E-state index contributed by atoms with van der Waals surface area (Å²) in [7, 11) is 0. The first-order chi connectivity index (χ1) is 9.72. The van der Waals surface area contributed by atoms with Crippen molar-refractivity contribution in [2.45, 2.75) is 57.4 Å². The van der Waals surface area contributed by atoms with Crippen molar-refractivity contribution in [1.29, 1.82) is 0 Å². The van der Waals surface area contributed by atoms with Gasteiger partial charge < -0.3 is 10.6 Å². The van der Waals surface area contributed by atoms with E-state index in [1.165, 1.54) is 45.2 Å². The molecule has 1 atom stereocenters. The second-order valence-electron chi connectivity index (χ2n) is 7.11. The number of rotatable bonds is 4. The van der Waals surface area contributed by atoms with Crippen molar-refractivity contribution in [3.8, 4) is 0 Å². The molecule has 0 radical (unpaired) electrons. The highest BCUT2D eigenvalue weighted by Crippen LogP contribution is 2.43. The number of piperidine rings is 1. The molecule has 2 saturated heterocycles. The molecule has 2 N–H and O–H groups in total. The standard InChI is InChI=1S/C16H29N3O/c17-13-16(6-4-7-16)11-15(20)19-10-3-5-14(12-19)18-8-1-2-9-18/h14H,1-13,17H2. The average molecular weight is 279 g/mol. The largest absolute Gasteiger partial charge is 0.341 e. The number of carbonyl (C=O) groups excluding carboxylic acids is 1. The van der Waals surface area contributed by atoms with Crippen molar-refractivity contribution in [2.75, 3.05) is 32.7 Å². The number of hydrogen-bond donors (Lipinski definition) is 1. The average Bonchev–Trinajstić information content (AvgIpc) is 2.97. The molecule has 3 aliphatic rings. The maximum atomic E-state index is 12.6. The fourth-order valence-electron chi connectivity index (χ4n) is 4.15. The Morgan fingerprint density at radius 3 is 2.45 bits per heavy atom. The minimum atomic E-state index is 0.150. The molecular weight excluding hydrogens is 250 g/mol. The van der Waals surface area contributed by atoms with Crippen molar-refractivity contribution in [1.82, 2.24) is 9.80 Å². The molecule has 114 valence electrons. The van der Waals surface area contributed by atoms with E-state index in [-0.39, 0.29) is 5.41 Å². The highest BCUT2D eigenvalue weighted by atomic mass is 16.2. The minimum Gasteiger partial charge on any atom is -0.341 e. The Morgan fingerprint density at radius 2 is 1.85 bits per heavy atom. The van der Waals surface area contributed by atoms with Crippen molar-refractivity contribution in [2.24, 2.45) is 11.1 Å². The highest BCUT2D eigenvalue weighted by Gasteiger charge is 2.39. The quantitative estimate of drug-likeness (QED) is 0.850. The predicted molar refractivity (Wildman–Crippen MR) is 80.4 cm³/mol. The molecular formula is C16H29N3O. The molecule has 4 nitrogen and oxygen atoms in total. The van der Waals surface area contributed by atoms with Crippen LogP contribution in [-0.4, -0.2) is 54.5 Å². The minimum absolute atomic E-state index is 0.150. The molecule has 0 aromatic heterocycles. The van der Waals surface area contributed by atoms with Gasteiger partial charge in [-0.2, -0.15) is 0 Å². The highest BCUT2D eigenvalue weighted by molar-refractivity contribution is 5.77. The molecule has 0 bridgehead atoms. The van der Waals surface area contributed by atoms with Crippen LogP contribution in [0.3, 0.4) is 0 Å². The molecule has 1 unspecified atom stereocenters. The molecule has 2 heterocycles. The first kappa shape index (κ1) is 14.3. The lowest BCUT2D eigenvalue weighted by Crippen LogP contribution is -2.51. The smallest absolute Gasteiger partial charge is 0.223 e. The molecule has 1 aliphatic carbocycles. The van der Waals surface area contributed by atoms with Crippen LogP contribution >= 0.6 is 0 Å². The summed E-state index contributed by atoms with van der Waals surface area (Å²) in [4.78, 5) is 17.3. The van der Waals surface area contributed by atoms with E-state index in [1.54, 1.807) is 0 Å². The zero-order valence-electron chi connectivity index (χ0n) is 12.6. The molecule has 0 aromatic rings. The second kappa shape index (κ2) is 6.02. The van der Waals surface area contributed by atoms with Crippen LogP contribution in [0.5, 0.6) is 0 Å². The van der Waals surface area contributed by atoms with Crippen LogP contribution in [0.1, 0.15) is 51.4 Å². The van der Waals surface area contributed by atoms with Gasteiger partial charge in [0.2, 0.25) is 5.91 Å². The van der Waals surface area contributed by atoms with Gasteiger partial charge in [-0.3, -0.25) is 9.69 Å². The molecule has 4 heteroatoms. The number of nitrogens with zero attached hydrogens (tertiary/aromatic N) is 2. The Labute approximate surface area is 122 Å². The summed E-state index contributed by atoms with van der Waals surface area (Å²) < 4.78 is 0. The van der Waals surface area contributed by atoms with E-state index in [4.69, 9.17) is 5.73 Å². The Balaban J connectivity index is 1.54. The van der Waals surface area contributed by atoms with E-state index < -0.39 is 0 Å². The summed E-state index contributed by atoms with van der Waals surface area (Å²) in [5.41, 5.74) is 6.04. The zero-order valence-corrected chi connectivity index (χ0v) is 12.6. The number of amides is 1. The molecule has 2 aliphatic heterocycles. The lowest BCUT2D eigenvalue weighted by molar-refractivity contribution is -0.137. The first-order valence-electron chi connectivity index (χ1n) is 8.44. The van der Waals surface area contributed by atoms with E-state index >= 15 is 0 Å². The van der Waals surface area contributed by atoms with Crippen LogP contribution < -0.4 is 5.73 Å². The normalized spacial score (nSPS) is 30.2. The zero-order chi connectivity index (χ0) is 14.0. The topological polar surface area (TPSA) is 49.6 Å². The number of likely N-dealkylation sites (tertiary alicyclic amines) is 2. The fraction of sp³-hybridized carbons (Fsp3) is 0.938. The monoisotopic (exact) mass is 279 g/mol. The molecule has 3 rings (SSSR count). The molecule has 0 aromatic carbocycles.